The van der Waals surface area contributed by atoms with E-state index in [1.807, 2.05) is 31.2 Å². The summed E-state index contributed by atoms with van der Waals surface area (Å²) in [5.74, 6) is 0.332. The number of carbonyl (C=O) groups excluding carboxylic acids is 2. The number of halogens is 1. The van der Waals surface area contributed by atoms with Crippen LogP contribution < -0.4 is 10.1 Å². The van der Waals surface area contributed by atoms with E-state index in [1.54, 1.807) is 36.3 Å². The van der Waals surface area contributed by atoms with Crippen LogP contribution in [0.5, 0.6) is 5.75 Å². The quantitative estimate of drug-likeness (QED) is 0.552. The lowest BCUT2D eigenvalue weighted by molar-refractivity contribution is -0.121. The lowest BCUT2D eigenvalue weighted by atomic mass is 9.96. The van der Waals surface area contributed by atoms with Crippen molar-refractivity contribution in [3.8, 4) is 17.0 Å². The Hall–Kier alpha value is -2.90. The molecule has 1 aliphatic heterocycles. The molecular formula is C24H24ClN3O3S. The average molecular weight is 470 g/mol. The molecule has 6 nitrogen and oxygen atoms in total. The molecule has 32 heavy (non-hydrogen) atoms. The van der Waals surface area contributed by atoms with Crippen LogP contribution in [0.1, 0.15) is 28.1 Å². The van der Waals surface area contributed by atoms with Crippen LogP contribution in [-0.4, -0.2) is 41.9 Å². The van der Waals surface area contributed by atoms with Crippen molar-refractivity contribution in [2.45, 2.75) is 19.8 Å². The molecule has 1 fully saturated rings. The number of piperidine rings is 1. The number of hydrogen-bond donors (Lipinski definition) is 1. The zero-order chi connectivity index (χ0) is 22.7. The number of likely N-dealkylation sites (tertiary alicyclic amines) is 1. The van der Waals surface area contributed by atoms with E-state index < -0.39 is 0 Å². The van der Waals surface area contributed by atoms with Gasteiger partial charge in [0.25, 0.3) is 5.91 Å². The molecule has 2 heterocycles. The number of anilines is 1. The molecule has 1 atom stereocenters. The average Bonchev–Trinajstić information content (AvgIpc) is 3.19. The summed E-state index contributed by atoms with van der Waals surface area (Å²) in [6, 6.07) is 14.5. The zero-order valence-corrected chi connectivity index (χ0v) is 19.5. The van der Waals surface area contributed by atoms with Gasteiger partial charge < -0.3 is 15.0 Å². The monoisotopic (exact) mass is 469 g/mol. The fraction of sp³-hybridized carbons (Fsp3) is 0.292. The topological polar surface area (TPSA) is 71.5 Å². The first-order valence-electron chi connectivity index (χ1n) is 10.4. The predicted octanol–water partition coefficient (Wildman–Crippen LogP) is 5.27. The molecule has 1 N–H and O–H groups in total. The van der Waals surface area contributed by atoms with E-state index in [0.29, 0.717) is 28.8 Å². The van der Waals surface area contributed by atoms with Crippen molar-refractivity contribution in [1.82, 2.24) is 9.88 Å². The fourth-order valence-corrected chi connectivity index (χ4v) is 4.79. The number of thiazole rings is 1. The number of hydrogen-bond acceptors (Lipinski definition) is 5. The van der Waals surface area contributed by atoms with Gasteiger partial charge in [-0.1, -0.05) is 11.6 Å². The van der Waals surface area contributed by atoms with E-state index in [9.17, 15) is 9.59 Å². The van der Waals surface area contributed by atoms with E-state index >= 15 is 0 Å². The van der Waals surface area contributed by atoms with Crippen LogP contribution in [0.4, 0.5) is 5.13 Å². The van der Waals surface area contributed by atoms with Crippen LogP contribution >= 0.6 is 22.9 Å². The van der Waals surface area contributed by atoms with Gasteiger partial charge in [-0.05, 0) is 68.3 Å². The standard InChI is InChI=1S/C24H24ClN3O3S/c1-15-21(16-7-11-20(31-2)12-8-16)26-24(32-15)27-22(29)18-4-3-13-28(14-18)23(30)17-5-9-19(25)10-6-17/h5-12,18H,3-4,13-14H2,1-2H3,(H,26,27,29)/t18-/m0/s1. The van der Waals surface area contributed by atoms with Crippen LogP contribution in [0.3, 0.4) is 0 Å². The van der Waals surface area contributed by atoms with Gasteiger partial charge in [-0.2, -0.15) is 0 Å². The second-order valence-electron chi connectivity index (χ2n) is 7.74. The highest BCUT2D eigenvalue weighted by Crippen LogP contribution is 2.32. The van der Waals surface area contributed by atoms with Gasteiger partial charge in [0.1, 0.15) is 5.75 Å². The third-order valence-corrected chi connectivity index (χ3v) is 6.70. The highest BCUT2D eigenvalue weighted by atomic mass is 35.5. The van der Waals surface area contributed by atoms with Gasteiger partial charge in [0.2, 0.25) is 5.91 Å². The maximum absolute atomic E-state index is 12.9. The van der Waals surface area contributed by atoms with E-state index in [1.165, 1.54) is 11.3 Å². The minimum absolute atomic E-state index is 0.0777. The largest absolute Gasteiger partial charge is 0.497 e. The smallest absolute Gasteiger partial charge is 0.253 e. The maximum Gasteiger partial charge on any atom is 0.253 e. The summed E-state index contributed by atoms with van der Waals surface area (Å²) in [5, 5.41) is 4.12. The van der Waals surface area contributed by atoms with Crippen molar-refractivity contribution < 1.29 is 14.3 Å². The zero-order valence-electron chi connectivity index (χ0n) is 17.9. The third-order valence-electron chi connectivity index (χ3n) is 5.56. The summed E-state index contributed by atoms with van der Waals surface area (Å²) in [4.78, 5) is 33.2. The summed E-state index contributed by atoms with van der Waals surface area (Å²) in [6.45, 7) is 3.02. The van der Waals surface area contributed by atoms with Gasteiger partial charge in [0.05, 0.1) is 18.7 Å². The Morgan fingerprint density at radius 3 is 2.56 bits per heavy atom. The second kappa shape index (κ2) is 9.71. The number of amides is 2. The number of benzene rings is 2. The lowest BCUT2D eigenvalue weighted by Crippen LogP contribution is -2.43. The molecule has 1 saturated heterocycles. The van der Waals surface area contributed by atoms with Crippen molar-refractivity contribution in [3.63, 3.8) is 0 Å². The molecule has 3 aromatic rings. The number of aryl methyl sites for hydroxylation is 1. The van der Waals surface area contributed by atoms with Crippen molar-refractivity contribution >= 4 is 39.9 Å². The number of ether oxygens (including phenoxy) is 1. The molecule has 166 valence electrons. The van der Waals surface area contributed by atoms with Gasteiger partial charge in [-0.3, -0.25) is 9.59 Å². The summed E-state index contributed by atoms with van der Waals surface area (Å²) in [7, 11) is 1.63. The van der Waals surface area contributed by atoms with E-state index in [0.717, 1.165) is 34.7 Å². The number of nitrogens with one attached hydrogen (secondary N) is 1. The molecule has 2 amide bonds. The van der Waals surface area contributed by atoms with Gasteiger partial charge in [0.15, 0.2) is 5.13 Å². The second-order valence-corrected chi connectivity index (χ2v) is 9.38. The number of carbonyl (C=O) groups is 2. The first-order chi connectivity index (χ1) is 15.4. The van der Waals surface area contributed by atoms with Crippen LogP contribution in [0.2, 0.25) is 5.02 Å². The fourth-order valence-electron chi connectivity index (χ4n) is 3.82. The van der Waals surface area contributed by atoms with Crippen molar-refractivity contribution in [1.29, 1.82) is 0 Å². The van der Waals surface area contributed by atoms with Crippen molar-refractivity contribution in [3.05, 3.63) is 64.0 Å². The number of rotatable bonds is 5. The minimum atomic E-state index is -0.270. The minimum Gasteiger partial charge on any atom is -0.497 e. The predicted molar refractivity (Wildman–Crippen MR) is 128 cm³/mol. The summed E-state index contributed by atoms with van der Waals surface area (Å²) in [5.41, 5.74) is 2.39. The van der Waals surface area contributed by atoms with E-state index in [-0.39, 0.29) is 17.7 Å². The van der Waals surface area contributed by atoms with Crippen molar-refractivity contribution in [2.75, 3.05) is 25.5 Å². The lowest BCUT2D eigenvalue weighted by Gasteiger charge is -2.32. The summed E-state index contributed by atoms with van der Waals surface area (Å²) >= 11 is 7.37. The molecular weight excluding hydrogens is 446 g/mol. The van der Waals surface area contributed by atoms with Crippen molar-refractivity contribution in [2.24, 2.45) is 5.92 Å². The van der Waals surface area contributed by atoms with E-state index in [4.69, 9.17) is 16.3 Å². The highest BCUT2D eigenvalue weighted by molar-refractivity contribution is 7.16. The molecule has 0 spiro atoms. The molecule has 1 aliphatic rings. The normalized spacial score (nSPS) is 16.0. The molecule has 0 bridgehead atoms. The molecule has 0 aliphatic carbocycles. The van der Waals surface area contributed by atoms with Crippen LogP contribution in [0, 0.1) is 12.8 Å². The van der Waals surface area contributed by atoms with Gasteiger partial charge in [-0.15, -0.1) is 11.3 Å². The van der Waals surface area contributed by atoms with Crippen LogP contribution in [-0.2, 0) is 4.79 Å². The first-order valence-corrected chi connectivity index (χ1v) is 11.6. The third kappa shape index (κ3) is 4.95. The Morgan fingerprint density at radius 1 is 1.16 bits per heavy atom. The Morgan fingerprint density at radius 2 is 1.88 bits per heavy atom. The molecule has 1 aromatic heterocycles. The van der Waals surface area contributed by atoms with E-state index in [2.05, 4.69) is 10.3 Å². The number of aromatic nitrogens is 1. The van der Waals surface area contributed by atoms with Crippen LogP contribution in [0.15, 0.2) is 48.5 Å². The van der Waals surface area contributed by atoms with Gasteiger partial charge in [-0.25, -0.2) is 4.98 Å². The SMILES string of the molecule is COc1ccc(-c2nc(NC(=O)[C@H]3CCCN(C(=O)c4ccc(Cl)cc4)C3)sc2C)cc1. The first kappa shape index (κ1) is 22.3. The highest BCUT2D eigenvalue weighted by Gasteiger charge is 2.29. The molecule has 0 radical (unpaired) electrons. The summed E-state index contributed by atoms with van der Waals surface area (Å²) < 4.78 is 5.21. The molecule has 0 saturated carbocycles. The van der Waals surface area contributed by atoms with Gasteiger partial charge >= 0.3 is 0 Å². The Kier molecular flexibility index (Phi) is 6.77. The molecule has 0 unspecified atom stereocenters. The Labute approximate surface area is 196 Å². The summed E-state index contributed by atoms with van der Waals surface area (Å²) in [6.07, 6.45) is 1.53. The van der Waals surface area contributed by atoms with Gasteiger partial charge in [0, 0.05) is 34.1 Å². The molecule has 4 rings (SSSR count). The number of nitrogens with zero attached hydrogens (tertiary/aromatic N) is 2. The molecule has 2 aromatic carbocycles. The number of methoxy groups -OCH3 is 1. The van der Waals surface area contributed by atoms with Crippen LogP contribution in [0.25, 0.3) is 11.3 Å². The Bertz CT molecular complexity index is 1110. The molecule has 8 heteroatoms. The maximum atomic E-state index is 12.9. The Balaban J connectivity index is 1.42.